The van der Waals surface area contributed by atoms with E-state index in [9.17, 15) is 14.7 Å². The number of benzene rings is 1. The van der Waals surface area contributed by atoms with Gasteiger partial charge >= 0.3 is 5.97 Å². The minimum absolute atomic E-state index is 0.130. The van der Waals surface area contributed by atoms with Gasteiger partial charge in [-0.25, -0.2) is 9.78 Å². The Balaban J connectivity index is 1.66. The van der Waals surface area contributed by atoms with Gasteiger partial charge in [-0.3, -0.25) is 4.79 Å². The van der Waals surface area contributed by atoms with Gasteiger partial charge in [0.25, 0.3) is 5.56 Å². The van der Waals surface area contributed by atoms with Crippen molar-refractivity contribution in [3.05, 3.63) is 50.8 Å². The number of ether oxygens (including phenoxy) is 3. The van der Waals surface area contributed by atoms with Crippen LogP contribution < -0.4 is 15.0 Å². The molecule has 0 saturated heterocycles. The summed E-state index contributed by atoms with van der Waals surface area (Å²) in [6.07, 6.45) is -1.46. The molecule has 2 aromatic heterocycles. The Morgan fingerprint density at radius 3 is 2.63 bits per heavy atom. The van der Waals surface area contributed by atoms with Crippen molar-refractivity contribution in [1.29, 1.82) is 0 Å². The molecule has 0 aliphatic carbocycles. The number of aliphatic hydroxyl groups is 1. The molecule has 6 rings (SSSR count). The second kappa shape index (κ2) is 5.82. The predicted octanol–water partition coefficient (Wildman–Crippen LogP) is 2.37. The van der Waals surface area contributed by atoms with E-state index < -0.39 is 12.1 Å². The fourth-order valence-electron chi connectivity index (χ4n) is 4.71. The van der Waals surface area contributed by atoms with Crippen LogP contribution in [0.25, 0.3) is 22.3 Å². The van der Waals surface area contributed by atoms with Crippen molar-refractivity contribution in [2.45, 2.75) is 39.0 Å². The summed E-state index contributed by atoms with van der Waals surface area (Å²) < 4.78 is 17.7. The fraction of sp³-hybridized carbons (Fsp3) is 0.318. The molecule has 3 aliphatic heterocycles. The third kappa shape index (κ3) is 2.16. The molecule has 3 aliphatic rings. The molecule has 30 heavy (non-hydrogen) atoms. The molecule has 3 aromatic rings. The molecule has 0 spiro atoms. The molecular weight excluding hydrogens is 388 g/mol. The molecule has 5 heterocycles. The molecule has 8 heteroatoms. The van der Waals surface area contributed by atoms with Crippen molar-refractivity contribution in [3.8, 4) is 22.9 Å². The monoisotopic (exact) mass is 406 g/mol. The second-order valence-electron chi connectivity index (χ2n) is 8.09. The van der Waals surface area contributed by atoms with Crippen molar-refractivity contribution in [2.75, 3.05) is 6.79 Å². The summed E-state index contributed by atoms with van der Waals surface area (Å²) in [5.41, 5.74) is 4.46. The normalized spacial score (nSPS) is 18.4. The molecule has 1 atom stereocenters. The lowest BCUT2D eigenvalue weighted by molar-refractivity contribution is -0.157. The van der Waals surface area contributed by atoms with E-state index in [-0.39, 0.29) is 24.9 Å². The minimum atomic E-state index is -1.46. The smallest absolute Gasteiger partial charge is 0.340 e. The van der Waals surface area contributed by atoms with Gasteiger partial charge in [-0.1, -0.05) is 13.8 Å². The summed E-state index contributed by atoms with van der Waals surface area (Å²) in [7, 11) is 0. The Morgan fingerprint density at radius 1 is 1.10 bits per heavy atom. The van der Waals surface area contributed by atoms with Gasteiger partial charge in [0.05, 0.1) is 29.0 Å². The zero-order valence-corrected chi connectivity index (χ0v) is 16.4. The Hall–Kier alpha value is -3.39. The first-order chi connectivity index (χ1) is 14.4. The summed E-state index contributed by atoms with van der Waals surface area (Å²) in [5, 5.41) is 11.3. The fourth-order valence-corrected chi connectivity index (χ4v) is 4.71. The molecule has 0 radical (unpaired) electrons. The molecule has 0 bridgehead atoms. The molecule has 0 amide bonds. The zero-order valence-electron chi connectivity index (χ0n) is 16.4. The van der Waals surface area contributed by atoms with Crippen LogP contribution in [0.4, 0.5) is 0 Å². The van der Waals surface area contributed by atoms with E-state index in [0.29, 0.717) is 40.6 Å². The van der Waals surface area contributed by atoms with Gasteiger partial charge in [-0.05, 0) is 23.6 Å². The Labute approximate surface area is 170 Å². The maximum atomic E-state index is 13.2. The average molecular weight is 406 g/mol. The highest BCUT2D eigenvalue weighted by Crippen LogP contribution is 2.43. The van der Waals surface area contributed by atoms with Gasteiger partial charge in [-0.15, -0.1) is 0 Å². The van der Waals surface area contributed by atoms with Gasteiger partial charge in [0, 0.05) is 22.6 Å². The standard InChI is InChI=1S/C22H18N2O6/c1-9(2)18-11-4-16-17(30-8-29-16)5-14(11)23-19-12(18)6-24-15(19)3-10-13(21(24)26)7-28-22(27)20(10)25/h3-5,9,20,25H,6-8H2,1-2H3. The van der Waals surface area contributed by atoms with Crippen molar-refractivity contribution >= 4 is 16.9 Å². The maximum Gasteiger partial charge on any atom is 0.340 e. The number of fused-ring (bicyclic) bond motifs is 6. The Kier molecular flexibility index (Phi) is 3.39. The van der Waals surface area contributed by atoms with Gasteiger partial charge in [0.15, 0.2) is 17.6 Å². The highest BCUT2D eigenvalue weighted by Gasteiger charge is 2.35. The van der Waals surface area contributed by atoms with Crippen LogP contribution in [0.5, 0.6) is 11.5 Å². The SMILES string of the molecule is CC(C)c1c2c(nc3cc4c(cc13)OCO4)-c1cc3c(c(=O)n1C2)COC(=O)C3O. The van der Waals surface area contributed by atoms with Crippen LogP contribution in [-0.2, 0) is 22.7 Å². The van der Waals surface area contributed by atoms with E-state index in [2.05, 4.69) is 13.8 Å². The maximum absolute atomic E-state index is 13.2. The summed E-state index contributed by atoms with van der Waals surface area (Å²) in [5.74, 6) is 0.767. The van der Waals surface area contributed by atoms with Crippen molar-refractivity contribution < 1.29 is 24.1 Å². The van der Waals surface area contributed by atoms with Crippen LogP contribution in [0.1, 0.15) is 48.1 Å². The van der Waals surface area contributed by atoms with Crippen molar-refractivity contribution in [3.63, 3.8) is 0 Å². The first-order valence-electron chi connectivity index (χ1n) is 9.82. The summed E-state index contributed by atoms with van der Waals surface area (Å²) in [6, 6.07) is 5.51. The van der Waals surface area contributed by atoms with E-state index in [1.807, 2.05) is 12.1 Å². The average Bonchev–Trinajstić information content (AvgIpc) is 3.31. The number of aromatic nitrogens is 2. The quantitative estimate of drug-likeness (QED) is 0.485. The van der Waals surface area contributed by atoms with Crippen molar-refractivity contribution in [2.24, 2.45) is 0 Å². The van der Waals surface area contributed by atoms with E-state index in [1.54, 1.807) is 10.6 Å². The molecule has 1 aromatic carbocycles. The van der Waals surface area contributed by atoms with Crippen LogP contribution in [0.2, 0.25) is 0 Å². The Bertz CT molecular complexity index is 1340. The summed E-state index contributed by atoms with van der Waals surface area (Å²) in [4.78, 5) is 29.8. The largest absolute Gasteiger partial charge is 0.458 e. The van der Waals surface area contributed by atoms with Crippen LogP contribution in [0, 0.1) is 0 Å². The molecule has 1 unspecified atom stereocenters. The van der Waals surface area contributed by atoms with Crippen LogP contribution in [0.3, 0.4) is 0 Å². The third-order valence-corrected chi connectivity index (χ3v) is 6.07. The number of hydrogen-bond acceptors (Lipinski definition) is 7. The number of rotatable bonds is 1. The number of carbonyl (C=O) groups is 1. The lowest BCUT2D eigenvalue weighted by atomic mass is 9.92. The van der Waals surface area contributed by atoms with E-state index in [0.717, 1.165) is 22.0 Å². The number of aliphatic hydroxyl groups excluding tert-OH is 1. The first kappa shape index (κ1) is 17.5. The third-order valence-electron chi connectivity index (χ3n) is 6.07. The second-order valence-corrected chi connectivity index (χ2v) is 8.09. The molecule has 0 fully saturated rings. The number of nitrogens with zero attached hydrogens (tertiary/aromatic N) is 2. The number of hydrogen-bond donors (Lipinski definition) is 1. The minimum Gasteiger partial charge on any atom is -0.458 e. The summed E-state index contributed by atoms with van der Waals surface area (Å²) >= 11 is 0. The highest BCUT2D eigenvalue weighted by molar-refractivity contribution is 5.91. The molecular formula is C22H18N2O6. The van der Waals surface area contributed by atoms with Gasteiger partial charge in [-0.2, -0.15) is 0 Å². The zero-order chi connectivity index (χ0) is 20.7. The van der Waals surface area contributed by atoms with Crippen LogP contribution >= 0.6 is 0 Å². The van der Waals surface area contributed by atoms with E-state index in [1.165, 1.54) is 0 Å². The van der Waals surface area contributed by atoms with Crippen molar-refractivity contribution in [1.82, 2.24) is 9.55 Å². The number of cyclic esters (lactones) is 1. The van der Waals surface area contributed by atoms with E-state index in [4.69, 9.17) is 19.2 Å². The molecule has 152 valence electrons. The first-order valence-corrected chi connectivity index (χ1v) is 9.82. The van der Waals surface area contributed by atoms with Gasteiger partial charge in [0.2, 0.25) is 6.79 Å². The topological polar surface area (TPSA) is 99.9 Å². The molecule has 8 nitrogen and oxygen atoms in total. The lowest BCUT2D eigenvalue weighted by Crippen LogP contribution is -2.32. The van der Waals surface area contributed by atoms with Crippen LogP contribution in [-0.4, -0.2) is 27.4 Å². The highest BCUT2D eigenvalue weighted by atomic mass is 16.7. The molecule has 1 N–H and O–H groups in total. The number of carbonyl (C=O) groups excluding carboxylic acids is 1. The van der Waals surface area contributed by atoms with Crippen LogP contribution in [0.15, 0.2) is 23.0 Å². The summed E-state index contributed by atoms with van der Waals surface area (Å²) in [6.45, 7) is 4.64. The van der Waals surface area contributed by atoms with E-state index >= 15 is 0 Å². The van der Waals surface area contributed by atoms with Gasteiger partial charge < -0.3 is 23.9 Å². The van der Waals surface area contributed by atoms with Gasteiger partial charge in [0.1, 0.15) is 6.61 Å². The number of pyridine rings is 2. The lowest BCUT2D eigenvalue weighted by Gasteiger charge is -2.21. The number of esters is 1. The predicted molar refractivity (Wildman–Crippen MR) is 106 cm³/mol. The molecule has 0 saturated carbocycles. The Morgan fingerprint density at radius 2 is 1.87 bits per heavy atom.